The van der Waals surface area contributed by atoms with Gasteiger partial charge in [0, 0.05) is 6.54 Å². The van der Waals surface area contributed by atoms with E-state index in [9.17, 15) is 0 Å². The Kier molecular flexibility index (Phi) is 3.70. The molecule has 2 N–H and O–H groups in total. The third kappa shape index (κ3) is 2.36. The summed E-state index contributed by atoms with van der Waals surface area (Å²) in [6.07, 6.45) is 2.43. The van der Waals surface area contributed by atoms with Gasteiger partial charge in [0.25, 0.3) is 0 Å². The molecule has 0 radical (unpaired) electrons. The monoisotopic (exact) mass is 191 g/mol. The summed E-state index contributed by atoms with van der Waals surface area (Å²) in [5.41, 5.74) is 8.69. The predicted molar refractivity (Wildman–Crippen MR) is 62.3 cm³/mol. The van der Waals surface area contributed by atoms with Gasteiger partial charge in [-0.2, -0.15) is 0 Å². The quantitative estimate of drug-likeness (QED) is 0.777. The van der Waals surface area contributed by atoms with Crippen LogP contribution in [-0.4, -0.2) is 0 Å². The zero-order valence-corrected chi connectivity index (χ0v) is 9.51. The molecule has 1 nitrogen and oxygen atoms in total. The van der Waals surface area contributed by atoms with E-state index in [1.807, 2.05) is 0 Å². The lowest BCUT2D eigenvalue weighted by Gasteiger charge is -2.27. The minimum Gasteiger partial charge on any atom is -0.326 e. The van der Waals surface area contributed by atoms with E-state index in [4.69, 9.17) is 5.73 Å². The first-order chi connectivity index (χ1) is 6.61. The van der Waals surface area contributed by atoms with Crippen LogP contribution < -0.4 is 5.73 Å². The molecule has 0 fully saturated rings. The van der Waals surface area contributed by atoms with Crippen molar-refractivity contribution in [2.24, 2.45) is 5.73 Å². The third-order valence-corrected chi connectivity index (χ3v) is 2.84. The summed E-state index contributed by atoms with van der Waals surface area (Å²) >= 11 is 0. The van der Waals surface area contributed by atoms with Gasteiger partial charge in [0.1, 0.15) is 0 Å². The van der Waals surface area contributed by atoms with Gasteiger partial charge in [0.05, 0.1) is 0 Å². The molecule has 0 aliphatic rings. The lowest BCUT2D eigenvalue weighted by molar-refractivity contribution is 0.469. The second-order valence-electron chi connectivity index (χ2n) is 4.50. The van der Waals surface area contributed by atoms with Gasteiger partial charge < -0.3 is 5.73 Å². The molecule has 0 aromatic heterocycles. The molecular weight excluding hydrogens is 170 g/mol. The summed E-state index contributed by atoms with van der Waals surface area (Å²) < 4.78 is 0. The molecule has 0 spiro atoms. The molecule has 1 heteroatoms. The van der Waals surface area contributed by atoms with Gasteiger partial charge in [-0.15, -0.1) is 0 Å². The van der Waals surface area contributed by atoms with Crippen LogP contribution in [0.15, 0.2) is 24.3 Å². The predicted octanol–water partition coefficient (Wildman–Crippen LogP) is 3.22. The Morgan fingerprint density at radius 3 is 2.43 bits per heavy atom. The Labute approximate surface area is 87.3 Å². The number of rotatable bonds is 4. The smallest absolute Gasteiger partial charge is 0.0181 e. The van der Waals surface area contributed by atoms with Crippen LogP contribution >= 0.6 is 0 Å². The fraction of sp³-hybridized carbons (Fsp3) is 0.538. The maximum atomic E-state index is 5.74. The Morgan fingerprint density at radius 2 is 1.86 bits per heavy atom. The van der Waals surface area contributed by atoms with Gasteiger partial charge in [-0.1, -0.05) is 51.5 Å². The highest BCUT2D eigenvalue weighted by atomic mass is 14.5. The summed E-state index contributed by atoms with van der Waals surface area (Å²) in [7, 11) is 0. The average Bonchev–Trinajstić information content (AvgIpc) is 2.18. The van der Waals surface area contributed by atoms with Gasteiger partial charge in [0.2, 0.25) is 0 Å². The number of benzene rings is 1. The van der Waals surface area contributed by atoms with Crippen molar-refractivity contribution in [1.29, 1.82) is 0 Å². The van der Waals surface area contributed by atoms with Crippen molar-refractivity contribution in [1.82, 2.24) is 0 Å². The molecular formula is C13H21N. The first kappa shape index (κ1) is 11.3. The first-order valence-electron chi connectivity index (χ1n) is 5.40. The summed E-state index contributed by atoms with van der Waals surface area (Å²) in [4.78, 5) is 0. The first-order valence-corrected chi connectivity index (χ1v) is 5.40. The van der Waals surface area contributed by atoms with Crippen molar-refractivity contribution >= 4 is 0 Å². The van der Waals surface area contributed by atoms with E-state index in [0.29, 0.717) is 6.54 Å². The lowest BCUT2D eigenvalue weighted by atomic mass is 9.78. The zero-order chi connectivity index (χ0) is 10.6. The summed E-state index contributed by atoms with van der Waals surface area (Å²) in [6, 6.07) is 8.50. The van der Waals surface area contributed by atoms with Crippen LogP contribution in [0.3, 0.4) is 0 Å². The van der Waals surface area contributed by atoms with E-state index in [0.717, 1.165) is 0 Å². The second-order valence-corrected chi connectivity index (χ2v) is 4.50. The molecule has 1 aromatic carbocycles. The molecule has 1 aromatic rings. The zero-order valence-electron chi connectivity index (χ0n) is 9.51. The molecule has 1 rings (SSSR count). The van der Waals surface area contributed by atoms with Crippen molar-refractivity contribution in [3.05, 3.63) is 35.4 Å². The Bertz CT molecular complexity index is 289. The number of hydrogen-bond acceptors (Lipinski definition) is 1. The van der Waals surface area contributed by atoms with Gasteiger partial charge in [-0.25, -0.2) is 0 Å². The van der Waals surface area contributed by atoms with Crippen LogP contribution in [0, 0.1) is 0 Å². The van der Waals surface area contributed by atoms with Crippen LogP contribution in [0.2, 0.25) is 0 Å². The fourth-order valence-electron chi connectivity index (χ4n) is 2.12. The summed E-state index contributed by atoms with van der Waals surface area (Å²) in [5.74, 6) is 0. The highest BCUT2D eigenvalue weighted by Crippen LogP contribution is 2.30. The molecule has 0 saturated heterocycles. The molecule has 14 heavy (non-hydrogen) atoms. The Morgan fingerprint density at radius 1 is 1.21 bits per heavy atom. The lowest BCUT2D eigenvalue weighted by Crippen LogP contribution is -2.20. The standard InChI is InChI=1S/C13H21N/c1-4-9-13(2,3)12-8-6-5-7-11(12)10-14/h5-8H,4,9-10,14H2,1-3H3. The third-order valence-electron chi connectivity index (χ3n) is 2.84. The molecule has 0 aliphatic heterocycles. The van der Waals surface area contributed by atoms with E-state index in [1.165, 1.54) is 24.0 Å². The van der Waals surface area contributed by atoms with Crippen LogP contribution in [0.4, 0.5) is 0 Å². The molecule has 0 heterocycles. The minimum atomic E-state index is 0.255. The normalized spacial score (nSPS) is 11.7. The summed E-state index contributed by atoms with van der Waals surface area (Å²) in [5, 5.41) is 0. The van der Waals surface area contributed by atoms with Crippen LogP contribution in [-0.2, 0) is 12.0 Å². The van der Waals surface area contributed by atoms with Gasteiger partial charge in [-0.05, 0) is 23.0 Å². The fourth-order valence-corrected chi connectivity index (χ4v) is 2.12. The van der Waals surface area contributed by atoms with Crippen molar-refractivity contribution in [2.45, 2.75) is 45.6 Å². The van der Waals surface area contributed by atoms with E-state index in [-0.39, 0.29) is 5.41 Å². The molecule has 78 valence electrons. The van der Waals surface area contributed by atoms with E-state index in [1.54, 1.807) is 0 Å². The molecule has 0 amide bonds. The summed E-state index contributed by atoms with van der Waals surface area (Å²) in [6.45, 7) is 7.46. The highest BCUT2D eigenvalue weighted by molar-refractivity contribution is 5.33. The average molecular weight is 191 g/mol. The van der Waals surface area contributed by atoms with E-state index >= 15 is 0 Å². The topological polar surface area (TPSA) is 26.0 Å². The maximum absolute atomic E-state index is 5.74. The van der Waals surface area contributed by atoms with E-state index in [2.05, 4.69) is 45.0 Å². The molecule has 0 saturated carbocycles. The Hall–Kier alpha value is -0.820. The largest absolute Gasteiger partial charge is 0.326 e. The molecule has 0 unspecified atom stereocenters. The SMILES string of the molecule is CCCC(C)(C)c1ccccc1CN. The van der Waals surface area contributed by atoms with Crippen LogP contribution in [0.1, 0.15) is 44.7 Å². The molecule has 0 aliphatic carbocycles. The van der Waals surface area contributed by atoms with Crippen molar-refractivity contribution in [2.75, 3.05) is 0 Å². The number of hydrogen-bond donors (Lipinski definition) is 1. The second kappa shape index (κ2) is 4.61. The van der Waals surface area contributed by atoms with Crippen LogP contribution in [0.25, 0.3) is 0 Å². The Balaban J connectivity index is 3.04. The maximum Gasteiger partial charge on any atom is 0.0181 e. The number of nitrogens with two attached hydrogens (primary N) is 1. The highest BCUT2D eigenvalue weighted by Gasteiger charge is 2.21. The van der Waals surface area contributed by atoms with Crippen molar-refractivity contribution in [3.63, 3.8) is 0 Å². The van der Waals surface area contributed by atoms with Crippen molar-refractivity contribution in [3.8, 4) is 0 Å². The molecule has 0 atom stereocenters. The van der Waals surface area contributed by atoms with E-state index < -0.39 is 0 Å². The minimum absolute atomic E-state index is 0.255. The van der Waals surface area contributed by atoms with Gasteiger partial charge in [-0.3, -0.25) is 0 Å². The van der Waals surface area contributed by atoms with Crippen molar-refractivity contribution < 1.29 is 0 Å². The molecule has 0 bridgehead atoms. The van der Waals surface area contributed by atoms with Crippen LogP contribution in [0.5, 0.6) is 0 Å². The van der Waals surface area contributed by atoms with Gasteiger partial charge >= 0.3 is 0 Å². The van der Waals surface area contributed by atoms with Gasteiger partial charge in [0.15, 0.2) is 0 Å².